The minimum atomic E-state index is 0.565. The summed E-state index contributed by atoms with van der Waals surface area (Å²) in [7, 11) is 0. The highest BCUT2D eigenvalue weighted by molar-refractivity contribution is 5.33. The first kappa shape index (κ1) is 14.4. The van der Waals surface area contributed by atoms with Crippen molar-refractivity contribution in [3.8, 4) is 5.75 Å². The van der Waals surface area contributed by atoms with Crippen molar-refractivity contribution < 1.29 is 4.74 Å². The molecule has 0 fully saturated rings. The summed E-state index contributed by atoms with van der Waals surface area (Å²) in [5.41, 5.74) is 1.31. The lowest BCUT2D eigenvalue weighted by molar-refractivity contribution is 0.200. The summed E-state index contributed by atoms with van der Waals surface area (Å²) in [6.07, 6.45) is 0. The molecule has 2 rings (SSSR count). The molecule has 0 amide bonds. The first-order chi connectivity index (χ1) is 9.15. The van der Waals surface area contributed by atoms with E-state index in [1.807, 2.05) is 6.07 Å². The normalized spacial score (nSPS) is 17.7. The van der Waals surface area contributed by atoms with Gasteiger partial charge >= 0.3 is 0 Å². The Hall–Kier alpha value is -1.06. The van der Waals surface area contributed by atoms with Crippen molar-refractivity contribution in [2.24, 2.45) is 5.92 Å². The van der Waals surface area contributed by atoms with Crippen LogP contribution in [-0.2, 0) is 6.54 Å². The minimum absolute atomic E-state index is 0.565. The van der Waals surface area contributed by atoms with Gasteiger partial charge < -0.3 is 10.1 Å². The van der Waals surface area contributed by atoms with Gasteiger partial charge in [0.05, 0.1) is 0 Å². The third-order valence-corrected chi connectivity index (χ3v) is 3.48. The molecule has 1 unspecified atom stereocenters. The van der Waals surface area contributed by atoms with Crippen molar-refractivity contribution in [3.63, 3.8) is 0 Å². The van der Waals surface area contributed by atoms with E-state index in [1.165, 1.54) is 5.56 Å². The first-order valence-electron chi connectivity index (χ1n) is 7.31. The second-order valence-corrected chi connectivity index (χ2v) is 5.86. The summed E-state index contributed by atoms with van der Waals surface area (Å²) in [5, 5.41) is 3.51. The van der Waals surface area contributed by atoms with Crippen molar-refractivity contribution in [1.82, 2.24) is 10.2 Å². The zero-order valence-corrected chi connectivity index (χ0v) is 12.4. The maximum Gasteiger partial charge on any atom is 0.123 e. The number of benzene rings is 1. The van der Waals surface area contributed by atoms with Crippen LogP contribution in [0.25, 0.3) is 0 Å². The molecule has 0 bridgehead atoms. The highest BCUT2D eigenvalue weighted by Gasteiger charge is 2.16. The van der Waals surface area contributed by atoms with Crippen molar-refractivity contribution in [1.29, 1.82) is 0 Å². The number of nitrogens with one attached hydrogen (secondary N) is 1. The highest BCUT2D eigenvalue weighted by atomic mass is 16.5. The molecule has 1 aromatic carbocycles. The van der Waals surface area contributed by atoms with Crippen LogP contribution < -0.4 is 10.1 Å². The topological polar surface area (TPSA) is 24.5 Å². The lowest BCUT2D eigenvalue weighted by atomic mass is 10.1. The molecule has 0 aromatic heterocycles. The van der Waals surface area contributed by atoms with Gasteiger partial charge in [-0.15, -0.1) is 0 Å². The molecule has 0 saturated heterocycles. The number of rotatable bonds is 5. The van der Waals surface area contributed by atoms with E-state index in [2.05, 4.69) is 49.2 Å². The van der Waals surface area contributed by atoms with Gasteiger partial charge in [0.1, 0.15) is 12.4 Å². The Labute approximate surface area is 116 Å². The average Bonchev–Trinajstić information content (AvgIpc) is 2.58. The Kier molecular flexibility index (Phi) is 5.23. The van der Waals surface area contributed by atoms with Crippen LogP contribution in [0.5, 0.6) is 5.75 Å². The SMILES string of the molecule is CC(CNC(C)C)CN1CCOc2ccccc2C1. The van der Waals surface area contributed by atoms with Crippen LogP contribution in [0.2, 0.25) is 0 Å². The van der Waals surface area contributed by atoms with Crippen molar-refractivity contribution >= 4 is 0 Å². The van der Waals surface area contributed by atoms with Crippen LogP contribution in [0.4, 0.5) is 0 Å². The van der Waals surface area contributed by atoms with Gasteiger partial charge in [-0.1, -0.05) is 39.0 Å². The van der Waals surface area contributed by atoms with E-state index in [9.17, 15) is 0 Å². The molecule has 106 valence electrons. The Bertz CT molecular complexity index is 392. The molecule has 1 heterocycles. The summed E-state index contributed by atoms with van der Waals surface area (Å²) in [4.78, 5) is 2.50. The van der Waals surface area contributed by atoms with Crippen LogP contribution in [0.1, 0.15) is 26.3 Å². The first-order valence-corrected chi connectivity index (χ1v) is 7.31. The highest BCUT2D eigenvalue weighted by Crippen LogP contribution is 2.22. The monoisotopic (exact) mass is 262 g/mol. The number of ether oxygens (including phenoxy) is 1. The van der Waals surface area contributed by atoms with E-state index < -0.39 is 0 Å². The maximum atomic E-state index is 5.80. The van der Waals surface area contributed by atoms with Crippen molar-refractivity contribution in [3.05, 3.63) is 29.8 Å². The van der Waals surface area contributed by atoms with E-state index >= 15 is 0 Å². The standard InChI is InChI=1S/C16H26N2O/c1-13(2)17-10-14(3)11-18-8-9-19-16-7-5-4-6-15(16)12-18/h4-7,13-14,17H,8-12H2,1-3H3. The predicted octanol–water partition coefficient (Wildman–Crippen LogP) is 2.52. The molecule has 0 aliphatic carbocycles. The average molecular weight is 262 g/mol. The molecule has 1 aliphatic rings. The van der Waals surface area contributed by atoms with Crippen LogP contribution >= 0.6 is 0 Å². The lowest BCUT2D eigenvalue weighted by Gasteiger charge is -2.24. The molecule has 0 spiro atoms. The molecule has 1 aliphatic heterocycles. The number of para-hydroxylation sites is 1. The van der Waals surface area contributed by atoms with Gasteiger partial charge in [0, 0.05) is 31.2 Å². The molecule has 3 nitrogen and oxygen atoms in total. The van der Waals surface area contributed by atoms with Crippen LogP contribution in [0.3, 0.4) is 0 Å². The number of fused-ring (bicyclic) bond motifs is 1. The quantitative estimate of drug-likeness (QED) is 0.882. The zero-order chi connectivity index (χ0) is 13.7. The van der Waals surface area contributed by atoms with Gasteiger partial charge in [-0.05, 0) is 18.5 Å². The molecule has 1 aromatic rings. The predicted molar refractivity (Wildman–Crippen MR) is 79.5 cm³/mol. The molecule has 1 atom stereocenters. The Morgan fingerprint density at radius 2 is 2.05 bits per heavy atom. The van der Waals surface area contributed by atoms with Gasteiger partial charge in [-0.2, -0.15) is 0 Å². The minimum Gasteiger partial charge on any atom is -0.492 e. The van der Waals surface area contributed by atoms with Crippen molar-refractivity contribution in [2.45, 2.75) is 33.4 Å². The van der Waals surface area contributed by atoms with Crippen LogP contribution in [0.15, 0.2) is 24.3 Å². The Morgan fingerprint density at radius 1 is 1.26 bits per heavy atom. The molecule has 3 heteroatoms. The summed E-state index contributed by atoms with van der Waals surface area (Å²) in [6.45, 7) is 11.7. The summed E-state index contributed by atoms with van der Waals surface area (Å²) < 4.78 is 5.80. The van der Waals surface area contributed by atoms with E-state index in [0.717, 1.165) is 38.5 Å². The molecular weight excluding hydrogens is 236 g/mol. The van der Waals surface area contributed by atoms with Crippen molar-refractivity contribution in [2.75, 3.05) is 26.2 Å². The largest absolute Gasteiger partial charge is 0.492 e. The fourth-order valence-electron chi connectivity index (χ4n) is 2.48. The van der Waals surface area contributed by atoms with Gasteiger partial charge in [0.25, 0.3) is 0 Å². The second kappa shape index (κ2) is 6.92. The van der Waals surface area contributed by atoms with E-state index in [1.54, 1.807) is 0 Å². The summed E-state index contributed by atoms with van der Waals surface area (Å²) in [5.74, 6) is 1.71. The zero-order valence-electron chi connectivity index (χ0n) is 12.4. The fraction of sp³-hybridized carbons (Fsp3) is 0.625. The Morgan fingerprint density at radius 3 is 2.84 bits per heavy atom. The number of hydrogen-bond donors (Lipinski definition) is 1. The third kappa shape index (κ3) is 4.51. The molecule has 1 N–H and O–H groups in total. The number of nitrogens with zero attached hydrogens (tertiary/aromatic N) is 1. The van der Waals surface area contributed by atoms with Gasteiger partial charge in [0.15, 0.2) is 0 Å². The fourth-order valence-corrected chi connectivity index (χ4v) is 2.48. The number of hydrogen-bond acceptors (Lipinski definition) is 3. The maximum absolute atomic E-state index is 5.80. The second-order valence-electron chi connectivity index (χ2n) is 5.86. The molecular formula is C16H26N2O. The molecule has 0 radical (unpaired) electrons. The van der Waals surface area contributed by atoms with Gasteiger partial charge in [0.2, 0.25) is 0 Å². The van der Waals surface area contributed by atoms with Gasteiger partial charge in [-0.25, -0.2) is 0 Å². The molecule has 0 saturated carbocycles. The van der Waals surface area contributed by atoms with E-state index in [-0.39, 0.29) is 0 Å². The summed E-state index contributed by atoms with van der Waals surface area (Å²) in [6, 6.07) is 8.95. The van der Waals surface area contributed by atoms with Gasteiger partial charge in [-0.3, -0.25) is 4.90 Å². The molecule has 19 heavy (non-hydrogen) atoms. The van der Waals surface area contributed by atoms with Crippen LogP contribution in [0, 0.1) is 5.92 Å². The summed E-state index contributed by atoms with van der Waals surface area (Å²) >= 11 is 0. The third-order valence-electron chi connectivity index (χ3n) is 3.48. The lowest BCUT2D eigenvalue weighted by Crippen LogP contribution is -2.36. The Balaban J connectivity index is 1.88. The van der Waals surface area contributed by atoms with Crippen LogP contribution in [-0.4, -0.2) is 37.2 Å². The smallest absolute Gasteiger partial charge is 0.123 e. The van der Waals surface area contributed by atoms with E-state index in [4.69, 9.17) is 4.74 Å². The van der Waals surface area contributed by atoms with E-state index in [0.29, 0.717) is 12.0 Å².